The van der Waals surface area contributed by atoms with E-state index in [-0.39, 0.29) is 28.3 Å². The van der Waals surface area contributed by atoms with E-state index in [2.05, 4.69) is 0 Å². The molecular weight excluding hydrogens is 404 g/mol. The number of rotatable bonds is 7. The number of hydrogen-bond donors (Lipinski definition) is 2. The van der Waals surface area contributed by atoms with Gasteiger partial charge >= 0.3 is 0 Å². The van der Waals surface area contributed by atoms with Crippen molar-refractivity contribution in [2.45, 2.75) is 25.8 Å². The van der Waals surface area contributed by atoms with Gasteiger partial charge in [0.2, 0.25) is 0 Å². The summed E-state index contributed by atoms with van der Waals surface area (Å²) < 4.78 is 5.15. The molecule has 1 amide bonds. The molecule has 1 aliphatic heterocycles. The van der Waals surface area contributed by atoms with Crippen molar-refractivity contribution in [3.8, 4) is 11.5 Å². The quantitative estimate of drug-likeness (QED) is 0.228. The molecule has 0 bridgehead atoms. The predicted molar refractivity (Wildman–Crippen MR) is 112 cm³/mol. The van der Waals surface area contributed by atoms with Crippen LogP contribution in [0.4, 0.5) is 5.69 Å². The topological polar surface area (TPSA) is 130 Å². The molecule has 0 aliphatic carbocycles. The van der Waals surface area contributed by atoms with Crippen molar-refractivity contribution in [2.75, 3.05) is 13.7 Å². The maximum Gasteiger partial charge on any atom is 0.295 e. The van der Waals surface area contributed by atoms with Crippen molar-refractivity contribution in [1.82, 2.24) is 4.90 Å². The van der Waals surface area contributed by atoms with Crippen LogP contribution in [0.3, 0.4) is 0 Å². The van der Waals surface area contributed by atoms with Gasteiger partial charge in [-0.2, -0.15) is 0 Å². The van der Waals surface area contributed by atoms with Gasteiger partial charge in [-0.05, 0) is 36.2 Å². The molecule has 0 unspecified atom stereocenters. The Kier molecular flexibility index (Phi) is 6.24. The number of likely N-dealkylation sites (tertiary alicyclic amines) is 1. The molecule has 2 aromatic carbocycles. The lowest BCUT2D eigenvalue weighted by Gasteiger charge is -2.25. The van der Waals surface area contributed by atoms with Crippen molar-refractivity contribution < 1.29 is 29.5 Å². The molecule has 1 heterocycles. The van der Waals surface area contributed by atoms with E-state index in [1.54, 1.807) is 6.07 Å². The molecule has 1 atom stereocenters. The molecule has 9 nitrogen and oxygen atoms in total. The highest BCUT2D eigenvalue weighted by Gasteiger charge is 2.46. The van der Waals surface area contributed by atoms with E-state index in [1.807, 2.05) is 6.92 Å². The molecule has 3 rings (SSSR count). The number of amides is 1. The molecule has 0 saturated carbocycles. The smallest absolute Gasteiger partial charge is 0.295 e. The Morgan fingerprint density at radius 2 is 1.87 bits per heavy atom. The number of carbonyl (C=O) groups excluding carboxylic acids is 2. The van der Waals surface area contributed by atoms with Gasteiger partial charge in [0, 0.05) is 24.2 Å². The number of ether oxygens (including phenoxy) is 1. The average Bonchev–Trinajstić information content (AvgIpc) is 3.02. The summed E-state index contributed by atoms with van der Waals surface area (Å²) in [6, 6.07) is 8.62. The Balaban J connectivity index is 2.17. The highest BCUT2D eigenvalue weighted by molar-refractivity contribution is 6.46. The van der Waals surface area contributed by atoms with E-state index < -0.39 is 28.4 Å². The minimum absolute atomic E-state index is 0.105. The molecule has 31 heavy (non-hydrogen) atoms. The number of methoxy groups -OCH3 is 1. The van der Waals surface area contributed by atoms with Crippen LogP contribution in [0.15, 0.2) is 48.0 Å². The highest BCUT2D eigenvalue weighted by Crippen LogP contribution is 2.41. The van der Waals surface area contributed by atoms with E-state index in [0.29, 0.717) is 18.5 Å². The van der Waals surface area contributed by atoms with Crippen LogP contribution in [0.2, 0.25) is 0 Å². The summed E-state index contributed by atoms with van der Waals surface area (Å²) in [7, 11) is 1.38. The fraction of sp³-hybridized carbons (Fsp3) is 0.273. The third kappa shape index (κ3) is 4.07. The third-order valence-corrected chi connectivity index (χ3v) is 5.16. The Labute approximate surface area is 178 Å². The number of aromatic hydroxyl groups is 1. The van der Waals surface area contributed by atoms with Crippen molar-refractivity contribution >= 4 is 23.1 Å². The van der Waals surface area contributed by atoms with Gasteiger partial charge in [-0.25, -0.2) is 0 Å². The zero-order valence-electron chi connectivity index (χ0n) is 17.1. The summed E-state index contributed by atoms with van der Waals surface area (Å²) in [4.78, 5) is 37.3. The van der Waals surface area contributed by atoms with Crippen LogP contribution in [0.25, 0.3) is 5.76 Å². The molecule has 1 saturated heterocycles. The van der Waals surface area contributed by atoms with Crippen LogP contribution in [0.1, 0.15) is 36.9 Å². The number of benzene rings is 2. The molecular formula is C22H22N2O7. The molecule has 162 valence electrons. The van der Waals surface area contributed by atoms with Crippen LogP contribution in [0.5, 0.6) is 11.5 Å². The molecule has 2 aromatic rings. The number of ketones is 1. The second kappa shape index (κ2) is 8.86. The van der Waals surface area contributed by atoms with Gasteiger partial charge in [0.1, 0.15) is 5.76 Å². The third-order valence-electron chi connectivity index (χ3n) is 5.16. The molecule has 1 aliphatic rings. The number of unbranched alkanes of at least 4 members (excludes halogenated alkanes) is 1. The summed E-state index contributed by atoms with van der Waals surface area (Å²) in [5.74, 6) is -1.96. The number of aliphatic hydroxyl groups is 1. The van der Waals surface area contributed by atoms with Crippen LogP contribution >= 0.6 is 0 Å². The Hall–Kier alpha value is -3.88. The normalized spacial score (nSPS) is 17.7. The largest absolute Gasteiger partial charge is 0.507 e. The number of carbonyl (C=O) groups is 2. The van der Waals surface area contributed by atoms with Gasteiger partial charge in [0.05, 0.1) is 23.6 Å². The number of hydrogen-bond acceptors (Lipinski definition) is 7. The van der Waals surface area contributed by atoms with Gasteiger partial charge < -0.3 is 19.8 Å². The fourth-order valence-corrected chi connectivity index (χ4v) is 3.55. The van der Waals surface area contributed by atoms with Crippen LogP contribution in [0, 0.1) is 10.1 Å². The zero-order chi connectivity index (χ0) is 22.7. The summed E-state index contributed by atoms with van der Waals surface area (Å²) in [5.41, 5.74) is 0.366. The van der Waals surface area contributed by atoms with E-state index in [0.717, 1.165) is 6.42 Å². The lowest BCUT2D eigenvalue weighted by molar-refractivity contribution is -0.384. The van der Waals surface area contributed by atoms with Crippen LogP contribution in [-0.2, 0) is 9.59 Å². The molecule has 9 heteroatoms. The highest BCUT2D eigenvalue weighted by atomic mass is 16.6. The number of phenols is 1. The first-order valence-electron chi connectivity index (χ1n) is 9.70. The Bertz CT molecular complexity index is 1060. The van der Waals surface area contributed by atoms with E-state index in [9.17, 15) is 29.9 Å². The second-order valence-corrected chi connectivity index (χ2v) is 7.08. The summed E-state index contributed by atoms with van der Waals surface area (Å²) in [6.07, 6.45) is 1.44. The predicted octanol–water partition coefficient (Wildman–Crippen LogP) is 3.53. The summed E-state index contributed by atoms with van der Waals surface area (Å²) in [5, 5.41) is 31.7. The van der Waals surface area contributed by atoms with Gasteiger partial charge in [-0.15, -0.1) is 0 Å². The van der Waals surface area contributed by atoms with E-state index in [1.165, 1.54) is 48.4 Å². The van der Waals surface area contributed by atoms with Crippen molar-refractivity contribution in [3.05, 3.63) is 69.3 Å². The van der Waals surface area contributed by atoms with Crippen molar-refractivity contribution in [3.63, 3.8) is 0 Å². The van der Waals surface area contributed by atoms with Crippen LogP contribution < -0.4 is 4.74 Å². The molecule has 0 radical (unpaired) electrons. The molecule has 0 aromatic heterocycles. The number of nitro benzene ring substituents is 1. The first kappa shape index (κ1) is 21.8. The van der Waals surface area contributed by atoms with Gasteiger partial charge in [-0.1, -0.05) is 19.4 Å². The van der Waals surface area contributed by atoms with Crippen molar-refractivity contribution in [1.29, 1.82) is 0 Å². The lowest BCUT2D eigenvalue weighted by atomic mass is 9.95. The van der Waals surface area contributed by atoms with E-state index in [4.69, 9.17) is 4.74 Å². The molecule has 0 spiro atoms. The Morgan fingerprint density at radius 3 is 2.45 bits per heavy atom. The SMILES string of the molecule is CCCCN1C(=O)C(=O)/C(=C(/O)c2ccc([N+](=O)[O-])cc2)[C@@H]1c1ccc(O)c(OC)c1. The first-order valence-corrected chi connectivity index (χ1v) is 9.70. The Morgan fingerprint density at radius 1 is 1.19 bits per heavy atom. The standard InChI is InChI=1S/C22H22N2O7/c1-3-4-11-23-19(14-7-10-16(25)17(12-14)31-2)18(21(27)22(23)28)20(26)13-5-8-15(9-6-13)24(29)30/h5-10,12,19,25-26H,3-4,11H2,1-2H3/b20-18+/t19-/m0/s1. The van der Waals surface area contributed by atoms with Crippen molar-refractivity contribution in [2.24, 2.45) is 0 Å². The molecule has 2 N–H and O–H groups in total. The molecule has 1 fully saturated rings. The number of Topliss-reactive ketones (excluding diaryl/α,β-unsaturated/α-hetero) is 1. The maximum absolute atomic E-state index is 12.9. The summed E-state index contributed by atoms with van der Waals surface area (Å²) in [6.45, 7) is 2.25. The number of non-ortho nitro benzene ring substituents is 1. The average molecular weight is 426 g/mol. The number of nitro groups is 1. The van der Waals surface area contributed by atoms with E-state index >= 15 is 0 Å². The number of aliphatic hydroxyl groups excluding tert-OH is 1. The minimum atomic E-state index is -0.892. The maximum atomic E-state index is 12.9. The zero-order valence-corrected chi connectivity index (χ0v) is 17.1. The lowest BCUT2D eigenvalue weighted by Crippen LogP contribution is -2.30. The minimum Gasteiger partial charge on any atom is -0.507 e. The number of phenolic OH excluding ortho intramolecular Hbond substituents is 1. The fourth-order valence-electron chi connectivity index (χ4n) is 3.55. The van der Waals surface area contributed by atoms with Crippen LogP contribution in [-0.4, -0.2) is 45.4 Å². The monoisotopic (exact) mass is 426 g/mol. The van der Waals surface area contributed by atoms with Gasteiger partial charge in [0.25, 0.3) is 17.4 Å². The number of nitrogens with zero attached hydrogens (tertiary/aromatic N) is 2. The van der Waals surface area contributed by atoms with Gasteiger partial charge in [0.15, 0.2) is 11.5 Å². The summed E-state index contributed by atoms with van der Waals surface area (Å²) >= 11 is 0. The first-order chi connectivity index (χ1) is 14.8. The van der Waals surface area contributed by atoms with Gasteiger partial charge in [-0.3, -0.25) is 19.7 Å². The second-order valence-electron chi connectivity index (χ2n) is 7.08.